The maximum Gasteiger partial charge on any atom is 0.264 e. The van der Waals surface area contributed by atoms with E-state index in [1.54, 1.807) is 6.20 Å². The molecule has 1 aromatic carbocycles. The van der Waals surface area contributed by atoms with E-state index in [-0.39, 0.29) is 17.6 Å². The summed E-state index contributed by atoms with van der Waals surface area (Å²) in [6.45, 7) is 4.32. The number of nitrogen functional groups attached to an aromatic ring is 1. The van der Waals surface area contributed by atoms with E-state index in [9.17, 15) is 4.79 Å². The van der Waals surface area contributed by atoms with Gasteiger partial charge in [-0.3, -0.25) is 9.78 Å². The molecule has 1 amide bonds. The van der Waals surface area contributed by atoms with Crippen LogP contribution in [0, 0.1) is 6.92 Å². The number of nitrogens with zero attached hydrogens (tertiary/aromatic N) is 5. The van der Waals surface area contributed by atoms with E-state index in [1.807, 2.05) is 56.3 Å². The Morgan fingerprint density at radius 1 is 1.21 bits per heavy atom. The summed E-state index contributed by atoms with van der Waals surface area (Å²) in [6, 6.07) is 13.6. The first-order chi connectivity index (χ1) is 14.0. The van der Waals surface area contributed by atoms with Crippen molar-refractivity contribution in [2.24, 2.45) is 5.10 Å². The smallest absolute Gasteiger partial charge is 0.264 e. The zero-order chi connectivity index (χ0) is 20.6. The molecule has 0 spiro atoms. The van der Waals surface area contributed by atoms with Crippen LogP contribution in [0.5, 0.6) is 0 Å². The van der Waals surface area contributed by atoms with Crippen LogP contribution in [0.3, 0.4) is 0 Å². The molecule has 150 valence electrons. The Kier molecular flexibility index (Phi) is 6.80. The van der Waals surface area contributed by atoms with E-state index in [0.717, 1.165) is 11.3 Å². The van der Waals surface area contributed by atoms with Gasteiger partial charge < -0.3 is 11.2 Å². The number of hydrogen-bond acceptors (Lipinski definition) is 8. The highest BCUT2D eigenvalue weighted by atomic mass is 32.2. The van der Waals surface area contributed by atoms with Crippen LogP contribution in [0.2, 0.25) is 0 Å². The van der Waals surface area contributed by atoms with Gasteiger partial charge in [0, 0.05) is 12.7 Å². The van der Waals surface area contributed by atoms with E-state index < -0.39 is 0 Å². The molecule has 3 aromatic rings. The summed E-state index contributed by atoms with van der Waals surface area (Å²) in [5.74, 6) is 6.32. The number of benzene rings is 1. The summed E-state index contributed by atoms with van der Waals surface area (Å²) in [5.41, 5.74) is 6.41. The lowest BCUT2D eigenvalue weighted by Gasteiger charge is -2.06. The number of rotatable bonds is 8. The molecular weight excluding hydrogens is 388 g/mol. The first-order valence-corrected chi connectivity index (χ1v) is 9.88. The molecule has 0 saturated carbocycles. The quantitative estimate of drug-likeness (QED) is 0.224. The third-order valence-corrected chi connectivity index (χ3v) is 4.91. The molecule has 9 nitrogen and oxygen atoms in total. The molecule has 10 heteroatoms. The molecule has 4 N–H and O–H groups in total. The van der Waals surface area contributed by atoms with Gasteiger partial charge in [0.1, 0.15) is 0 Å². The minimum atomic E-state index is -0.114. The van der Waals surface area contributed by atoms with Gasteiger partial charge in [0.15, 0.2) is 0 Å². The second-order valence-corrected chi connectivity index (χ2v) is 7.19. The van der Waals surface area contributed by atoms with Gasteiger partial charge in [-0.15, -0.1) is 10.2 Å². The third-order valence-electron chi connectivity index (χ3n) is 3.97. The van der Waals surface area contributed by atoms with E-state index in [0.29, 0.717) is 17.4 Å². The number of nitrogens with two attached hydrogens (primary N) is 1. The summed E-state index contributed by atoms with van der Waals surface area (Å²) < 4.78 is 1.26. The number of anilines is 1. The lowest BCUT2D eigenvalue weighted by molar-refractivity contribution is -0.118. The normalized spacial score (nSPS) is 11.3. The Bertz CT molecular complexity index is 985. The van der Waals surface area contributed by atoms with E-state index in [4.69, 9.17) is 5.84 Å². The van der Waals surface area contributed by atoms with Crippen LogP contribution in [0.1, 0.15) is 23.7 Å². The molecule has 2 aromatic heterocycles. The number of hydrazone groups is 1. The van der Waals surface area contributed by atoms with Gasteiger partial charge in [-0.2, -0.15) is 5.10 Å². The number of carbonyl (C=O) groups excluding carboxylic acids is 1. The second kappa shape index (κ2) is 9.69. The molecule has 0 saturated heterocycles. The van der Waals surface area contributed by atoms with Gasteiger partial charge in [0.2, 0.25) is 11.1 Å². The van der Waals surface area contributed by atoms with Crippen molar-refractivity contribution in [1.82, 2.24) is 25.2 Å². The average Bonchev–Trinajstić information content (AvgIpc) is 3.10. The van der Waals surface area contributed by atoms with E-state index >= 15 is 0 Å². The van der Waals surface area contributed by atoms with E-state index in [2.05, 4.69) is 31.0 Å². The number of hydrogen-bond donors (Lipinski definition) is 3. The fourth-order valence-electron chi connectivity index (χ4n) is 2.31. The summed E-state index contributed by atoms with van der Waals surface area (Å²) in [6.07, 6.45) is 1.69. The van der Waals surface area contributed by atoms with Crippen molar-refractivity contribution in [1.29, 1.82) is 0 Å². The van der Waals surface area contributed by atoms with Crippen LogP contribution in [-0.4, -0.2) is 37.2 Å². The van der Waals surface area contributed by atoms with E-state index in [1.165, 1.54) is 22.0 Å². The van der Waals surface area contributed by atoms with Crippen LogP contribution in [0.4, 0.5) is 5.95 Å². The van der Waals surface area contributed by atoms with Gasteiger partial charge >= 0.3 is 0 Å². The maximum absolute atomic E-state index is 12.1. The SMILES string of the molecule is C/C(=N\Nc1nnc(SCC(=O)NCc2ccc(C)cc2)n1N)c1ccccn1. The highest BCUT2D eigenvalue weighted by Crippen LogP contribution is 2.16. The summed E-state index contributed by atoms with van der Waals surface area (Å²) >= 11 is 1.20. The zero-order valence-electron chi connectivity index (χ0n) is 16.2. The highest BCUT2D eigenvalue weighted by Gasteiger charge is 2.12. The first-order valence-electron chi connectivity index (χ1n) is 8.90. The second-order valence-electron chi connectivity index (χ2n) is 6.25. The van der Waals surface area contributed by atoms with Crippen LogP contribution in [-0.2, 0) is 11.3 Å². The maximum atomic E-state index is 12.1. The number of carbonyl (C=O) groups is 1. The average molecular weight is 411 g/mol. The van der Waals surface area contributed by atoms with Crippen LogP contribution >= 0.6 is 11.8 Å². The molecule has 0 aliphatic rings. The topological polar surface area (TPSA) is 123 Å². The minimum Gasteiger partial charge on any atom is -0.351 e. The fourth-order valence-corrected chi connectivity index (χ4v) is 2.99. The molecule has 29 heavy (non-hydrogen) atoms. The van der Waals surface area contributed by atoms with Crippen molar-refractivity contribution in [2.75, 3.05) is 17.0 Å². The lowest BCUT2D eigenvalue weighted by Crippen LogP contribution is -2.25. The Hall–Kier alpha value is -3.40. The predicted octanol–water partition coefficient (Wildman–Crippen LogP) is 1.94. The van der Waals surface area contributed by atoms with Crippen molar-refractivity contribution in [3.63, 3.8) is 0 Å². The van der Waals surface area contributed by atoms with Gasteiger partial charge in [-0.1, -0.05) is 47.7 Å². The largest absolute Gasteiger partial charge is 0.351 e. The summed E-state index contributed by atoms with van der Waals surface area (Å²) in [5, 5.41) is 15.4. The van der Waals surface area contributed by atoms with Gasteiger partial charge in [-0.05, 0) is 31.5 Å². The minimum absolute atomic E-state index is 0.114. The molecule has 3 rings (SSSR count). The molecular formula is C19H22N8OS. The fraction of sp³-hybridized carbons (Fsp3) is 0.211. The van der Waals surface area contributed by atoms with Crippen molar-refractivity contribution in [2.45, 2.75) is 25.5 Å². The number of thioether (sulfide) groups is 1. The van der Waals surface area contributed by atoms with Crippen molar-refractivity contribution < 1.29 is 4.79 Å². The predicted molar refractivity (Wildman–Crippen MR) is 114 cm³/mol. The Morgan fingerprint density at radius 2 is 2.00 bits per heavy atom. The molecule has 0 radical (unpaired) electrons. The van der Waals surface area contributed by atoms with Gasteiger partial charge in [-0.25, -0.2) is 10.1 Å². The molecule has 0 bridgehead atoms. The van der Waals surface area contributed by atoms with Gasteiger partial charge in [0.05, 0.1) is 17.2 Å². The Balaban J connectivity index is 1.50. The Morgan fingerprint density at radius 3 is 2.72 bits per heavy atom. The number of nitrogens with one attached hydrogen (secondary N) is 2. The van der Waals surface area contributed by atoms with Crippen molar-refractivity contribution >= 4 is 29.3 Å². The van der Waals surface area contributed by atoms with Crippen molar-refractivity contribution in [3.05, 3.63) is 65.5 Å². The first kappa shape index (κ1) is 20.3. The van der Waals surface area contributed by atoms with Gasteiger partial charge in [0.25, 0.3) is 5.95 Å². The number of amides is 1. The molecule has 2 heterocycles. The number of aryl methyl sites for hydroxylation is 1. The molecule has 0 unspecified atom stereocenters. The van der Waals surface area contributed by atoms with Crippen LogP contribution in [0.25, 0.3) is 0 Å². The van der Waals surface area contributed by atoms with Crippen LogP contribution in [0.15, 0.2) is 58.9 Å². The highest BCUT2D eigenvalue weighted by molar-refractivity contribution is 7.99. The van der Waals surface area contributed by atoms with Crippen LogP contribution < -0.4 is 16.6 Å². The molecule has 0 aliphatic heterocycles. The van der Waals surface area contributed by atoms with Crippen molar-refractivity contribution in [3.8, 4) is 0 Å². The Labute approximate surface area is 172 Å². The molecule has 0 atom stereocenters. The molecule has 0 aliphatic carbocycles. The molecule has 0 fully saturated rings. The number of pyridine rings is 1. The summed E-state index contributed by atoms with van der Waals surface area (Å²) in [7, 11) is 0. The third kappa shape index (κ3) is 5.79. The monoisotopic (exact) mass is 410 g/mol. The standard InChI is InChI=1S/C19H22N8OS/c1-13-6-8-15(9-7-13)11-22-17(28)12-29-19-26-25-18(27(19)20)24-23-14(2)16-5-3-4-10-21-16/h3-10H,11-12,20H2,1-2H3,(H,22,28)(H,24,25)/b23-14+. The lowest BCUT2D eigenvalue weighted by atomic mass is 10.1. The number of aromatic nitrogens is 4. The summed E-state index contributed by atoms with van der Waals surface area (Å²) in [4.78, 5) is 16.3. The zero-order valence-corrected chi connectivity index (χ0v) is 17.0.